The van der Waals surface area contributed by atoms with Crippen LogP contribution in [-0.2, 0) is 4.79 Å². The zero-order valence-electron chi connectivity index (χ0n) is 20.3. The Hall–Kier alpha value is -5.19. The number of nitrogens with zero attached hydrogens (tertiary/aromatic N) is 3. The quantitative estimate of drug-likeness (QED) is 0.176. The van der Waals surface area contributed by atoms with Gasteiger partial charge in [-0.1, -0.05) is 30.3 Å². The standard InChI is InChI=1S/C26H25N5O6/c1-30(2)20-11-9-17(10-12-20)13-21(28-25(33)19-7-5-4-6-8-19)26(34)29-27-16-18-14-22(31(35)36)24(32)23(15-18)37-3/h4-16,32H,1-3H3,(H,28,33)(H,29,34)/b21-13?,27-16+. The topological polar surface area (TPSA) is 146 Å². The number of nitro groups is 1. The number of rotatable bonds is 9. The van der Waals surface area contributed by atoms with Gasteiger partial charge >= 0.3 is 5.69 Å². The molecule has 0 aliphatic rings. The first-order valence-corrected chi connectivity index (χ1v) is 10.9. The maximum Gasteiger partial charge on any atom is 0.315 e. The number of hydrogen-bond acceptors (Lipinski definition) is 8. The van der Waals surface area contributed by atoms with Crippen LogP contribution in [0.2, 0.25) is 0 Å². The Bertz CT molecular complexity index is 1350. The molecule has 190 valence electrons. The largest absolute Gasteiger partial charge is 0.500 e. The van der Waals surface area contributed by atoms with E-state index in [1.807, 2.05) is 31.1 Å². The molecule has 0 fully saturated rings. The molecule has 2 amide bonds. The first kappa shape index (κ1) is 26.4. The second kappa shape index (κ2) is 12.0. The van der Waals surface area contributed by atoms with E-state index in [0.29, 0.717) is 11.1 Å². The zero-order valence-corrected chi connectivity index (χ0v) is 20.3. The van der Waals surface area contributed by atoms with Gasteiger partial charge in [0.2, 0.25) is 5.75 Å². The van der Waals surface area contributed by atoms with Crippen LogP contribution in [0.5, 0.6) is 11.5 Å². The van der Waals surface area contributed by atoms with Crippen molar-refractivity contribution < 1.29 is 24.4 Å². The highest BCUT2D eigenvalue weighted by Gasteiger charge is 2.19. The summed E-state index contributed by atoms with van der Waals surface area (Å²) >= 11 is 0. The minimum atomic E-state index is -0.769. The molecule has 3 aromatic rings. The van der Waals surface area contributed by atoms with Gasteiger partial charge < -0.3 is 20.1 Å². The number of hydrogen-bond donors (Lipinski definition) is 3. The van der Waals surface area contributed by atoms with E-state index in [4.69, 9.17) is 4.74 Å². The van der Waals surface area contributed by atoms with Crippen molar-refractivity contribution in [2.24, 2.45) is 5.10 Å². The number of hydrazone groups is 1. The lowest BCUT2D eigenvalue weighted by molar-refractivity contribution is -0.386. The molecule has 0 heterocycles. The zero-order chi connectivity index (χ0) is 26.9. The fourth-order valence-corrected chi connectivity index (χ4v) is 3.19. The summed E-state index contributed by atoms with van der Waals surface area (Å²) in [5.74, 6) is -1.96. The van der Waals surface area contributed by atoms with Crippen LogP contribution in [0.4, 0.5) is 11.4 Å². The van der Waals surface area contributed by atoms with Gasteiger partial charge in [0, 0.05) is 37.0 Å². The minimum absolute atomic E-state index is 0.0714. The fraction of sp³-hybridized carbons (Fsp3) is 0.115. The van der Waals surface area contributed by atoms with Crippen molar-refractivity contribution in [3.05, 3.63) is 99.2 Å². The van der Waals surface area contributed by atoms with Crippen LogP contribution in [-0.4, -0.2) is 49.3 Å². The van der Waals surface area contributed by atoms with Gasteiger partial charge in [-0.05, 0) is 42.0 Å². The number of carbonyl (C=O) groups is 2. The summed E-state index contributed by atoms with van der Waals surface area (Å²) in [6.07, 6.45) is 2.65. The van der Waals surface area contributed by atoms with Gasteiger partial charge in [0.05, 0.1) is 18.2 Å². The molecule has 0 aliphatic heterocycles. The van der Waals surface area contributed by atoms with Gasteiger partial charge in [-0.3, -0.25) is 19.7 Å². The van der Waals surface area contributed by atoms with E-state index >= 15 is 0 Å². The lowest BCUT2D eigenvalue weighted by Crippen LogP contribution is -2.32. The Morgan fingerprint density at radius 2 is 1.73 bits per heavy atom. The molecule has 3 rings (SSSR count). The van der Waals surface area contributed by atoms with Gasteiger partial charge in [-0.2, -0.15) is 5.10 Å². The highest BCUT2D eigenvalue weighted by Crippen LogP contribution is 2.36. The average Bonchev–Trinajstić information content (AvgIpc) is 2.89. The lowest BCUT2D eigenvalue weighted by atomic mass is 10.1. The number of methoxy groups -OCH3 is 1. The molecule has 11 heteroatoms. The van der Waals surface area contributed by atoms with Gasteiger partial charge in [0.1, 0.15) is 5.70 Å². The van der Waals surface area contributed by atoms with Crippen molar-refractivity contribution in [3.63, 3.8) is 0 Å². The number of phenols is 1. The molecule has 0 radical (unpaired) electrons. The summed E-state index contributed by atoms with van der Waals surface area (Å²) in [6.45, 7) is 0. The van der Waals surface area contributed by atoms with Gasteiger partial charge in [0.15, 0.2) is 5.75 Å². The number of phenolic OH excluding ortho intramolecular Hbond substituents is 1. The molecule has 0 saturated carbocycles. The second-order valence-corrected chi connectivity index (χ2v) is 7.91. The molecule has 0 atom stereocenters. The summed E-state index contributed by atoms with van der Waals surface area (Å²) < 4.78 is 4.95. The normalized spacial score (nSPS) is 11.2. The van der Waals surface area contributed by atoms with E-state index < -0.39 is 28.2 Å². The SMILES string of the molecule is COc1cc(/C=N/NC(=O)C(=Cc2ccc(N(C)C)cc2)NC(=O)c2ccccc2)cc([N+](=O)[O-])c1O. The Morgan fingerprint density at radius 1 is 1.05 bits per heavy atom. The third-order valence-electron chi connectivity index (χ3n) is 5.12. The van der Waals surface area contributed by atoms with Crippen LogP contribution in [0, 0.1) is 10.1 Å². The predicted molar refractivity (Wildman–Crippen MR) is 140 cm³/mol. The maximum atomic E-state index is 12.9. The molecule has 37 heavy (non-hydrogen) atoms. The van der Waals surface area contributed by atoms with Gasteiger partial charge in [0.25, 0.3) is 11.8 Å². The number of aromatic hydroxyl groups is 1. The first-order valence-electron chi connectivity index (χ1n) is 10.9. The van der Waals surface area contributed by atoms with Crippen molar-refractivity contribution in [2.45, 2.75) is 0 Å². The molecule has 0 unspecified atom stereocenters. The predicted octanol–water partition coefficient (Wildman–Crippen LogP) is 3.30. The molecule has 0 aliphatic carbocycles. The fourth-order valence-electron chi connectivity index (χ4n) is 3.19. The highest BCUT2D eigenvalue weighted by molar-refractivity contribution is 6.05. The van der Waals surface area contributed by atoms with Gasteiger partial charge in [-0.25, -0.2) is 5.43 Å². The van der Waals surface area contributed by atoms with E-state index in [1.165, 1.54) is 19.3 Å². The summed E-state index contributed by atoms with van der Waals surface area (Å²) in [6, 6.07) is 18.1. The Balaban J connectivity index is 1.86. The average molecular weight is 504 g/mol. The summed E-state index contributed by atoms with van der Waals surface area (Å²) in [5, 5.41) is 27.5. The van der Waals surface area contributed by atoms with E-state index in [2.05, 4.69) is 15.8 Å². The minimum Gasteiger partial charge on any atom is -0.500 e. The van der Waals surface area contributed by atoms with Crippen LogP contribution in [0.3, 0.4) is 0 Å². The number of anilines is 1. The number of amides is 2. The third kappa shape index (κ3) is 6.92. The summed E-state index contributed by atoms with van der Waals surface area (Å²) in [7, 11) is 5.05. The molecule has 3 aromatic carbocycles. The Kier molecular flexibility index (Phi) is 8.55. The van der Waals surface area contributed by atoms with Gasteiger partial charge in [-0.15, -0.1) is 0 Å². The van der Waals surface area contributed by atoms with Crippen LogP contribution < -0.4 is 20.4 Å². The van der Waals surface area contributed by atoms with Crippen LogP contribution in [0.25, 0.3) is 6.08 Å². The first-order chi connectivity index (χ1) is 17.7. The van der Waals surface area contributed by atoms with Crippen molar-refractivity contribution in [3.8, 4) is 11.5 Å². The van der Waals surface area contributed by atoms with Crippen molar-refractivity contribution >= 4 is 35.5 Å². The smallest absolute Gasteiger partial charge is 0.315 e. The summed E-state index contributed by atoms with van der Waals surface area (Å²) in [4.78, 5) is 38.0. The molecule has 11 nitrogen and oxygen atoms in total. The Labute approximate surface area is 212 Å². The van der Waals surface area contributed by atoms with Crippen LogP contribution in [0.15, 0.2) is 77.5 Å². The molecule has 0 bridgehead atoms. The lowest BCUT2D eigenvalue weighted by Gasteiger charge is -2.12. The van der Waals surface area contributed by atoms with Crippen molar-refractivity contribution in [2.75, 3.05) is 26.1 Å². The molecule has 0 spiro atoms. The van der Waals surface area contributed by atoms with Crippen molar-refractivity contribution in [1.82, 2.24) is 10.7 Å². The molecule has 3 N–H and O–H groups in total. The molecular formula is C26H25N5O6. The van der Waals surface area contributed by atoms with E-state index in [0.717, 1.165) is 18.0 Å². The number of nitrogens with one attached hydrogen (secondary N) is 2. The molecule has 0 saturated heterocycles. The number of nitro benzene ring substituents is 1. The maximum absolute atomic E-state index is 12.9. The monoisotopic (exact) mass is 503 g/mol. The van der Waals surface area contributed by atoms with E-state index in [9.17, 15) is 24.8 Å². The number of ether oxygens (including phenoxy) is 1. The van der Waals surface area contributed by atoms with Crippen LogP contribution >= 0.6 is 0 Å². The number of benzene rings is 3. The molecular weight excluding hydrogens is 478 g/mol. The third-order valence-corrected chi connectivity index (χ3v) is 5.12. The Morgan fingerprint density at radius 3 is 2.32 bits per heavy atom. The second-order valence-electron chi connectivity index (χ2n) is 7.91. The highest BCUT2D eigenvalue weighted by atomic mass is 16.6. The number of carbonyl (C=O) groups excluding carboxylic acids is 2. The molecule has 0 aromatic heterocycles. The van der Waals surface area contributed by atoms with E-state index in [-0.39, 0.29) is 17.0 Å². The van der Waals surface area contributed by atoms with E-state index in [1.54, 1.807) is 42.5 Å². The van der Waals surface area contributed by atoms with Crippen LogP contribution in [0.1, 0.15) is 21.5 Å². The summed E-state index contributed by atoms with van der Waals surface area (Å²) in [5.41, 5.74) is 3.82. The van der Waals surface area contributed by atoms with Crippen molar-refractivity contribution in [1.29, 1.82) is 0 Å².